The Kier molecular flexibility index (Phi) is 3.10. The van der Waals surface area contributed by atoms with Crippen molar-refractivity contribution in [3.05, 3.63) is 0 Å². The van der Waals surface area contributed by atoms with E-state index in [-0.39, 0.29) is 5.54 Å². The van der Waals surface area contributed by atoms with E-state index >= 15 is 0 Å². The van der Waals surface area contributed by atoms with Gasteiger partial charge in [0.15, 0.2) is 0 Å². The van der Waals surface area contributed by atoms with Crippen molar-refractivity contribution in [2.24, 2.45) is 5.73 Å². The van der Waals surface area contributed by atoms with Crippen LogP contribution < -0.4 is 5.73 Å². The van der Waals surface area contributed by atoms with E-state index < -0.39 is 0 Å². The van der Waals surface area contributed by atoms with Crippen LogP contribution in [0.25, 0.3) is 0 Å². The molecule has 0 aromatic heterocycles. The van der Waals surface area contributed by atoms with Gasteiger partial charge in [-0.1, -0.05) is 6.42 Å². The molecule has 2 N–H and O–H groups in total. The van der Waals surface area contributed by atoms with Crippen molar-refractivity contribution in [1.29, 1.82) is 0 Å². The molecule has 14 heavy (non-hydrogen) atoms. The van der Waals surface area contributed by atoms with Crippen molar-refractivity contribution >= 4 is 0 Å². The molecule has 2 saturated heterocycles. The molecule has 0 aliphatic carbocycles. The Bertz CT molecular complexity index is 189. The summed E-state index contributed by atoms with van der Waals surface area (Å²) in [5, 5.41) is 0. The van der Waals surface area contributed by atoms with Crippen LogP contribution in [0.15, 0.2) is 0 Å². The van der Waals surface area contributed by atoms with Crippen LogP contribution in [-0.4, -0.2) is 55.1 Å². The predicted octanol–water partition coefficient (Wildman–Crippen LogP) is 0.505. The summed E-state index contributed by atoms with van der Waals surface area (Å²) in [6.07, 6.45) is 5.31. The number of hydrogen-bond donors (Lipinski definition) is 1. The fraction of sp³-hybridized carbons (Fsp3) is 1.00. The average Bonchev–Trinajstić information content (AvgIpc) is 2.47. The lowest BCUT2D eigenvalue weighted by atomic mass is 9.98. The minimum Gasteiger partial charge on any atom is -0.323 e. The molecule has 0 aromatic carbocycles. The van der Waals surface area contributed by atoms with Crippen molar-refractivity contribution in [3.63, 3.8) is 0 Å². The first kappa shape index (κ1) is 10.4. The largest absolute Gasteiger partial charge is 0.323 e. The Balaban J connectivity index is 1.83. The van der Waals surface area contributed by atoms with E-state index in [0.29, 0.717) is 0 Å². The van der Waals surface area contributed by atoms with Crippen LogP contribution in [0.1, 0.15) is 25.7 Å². The Labute approximate surface area is 87.2 Å². The quantitative estimate of drug-likeness (QED) is 0.700. The molecular weight excluding hydrogens is 174 g/mol. The first-order chi connectivity index (χ1) is 6.68. The number of piperidine rings is 1. The van der Waals surface area contributed by atoms with Gasteiger partial charge in [0, 0.05) is 18.6 Å². The first-order valence-electron chi connectivity index (χ1n) is 5.88. The third kappa shape index (κ3) is 2.47. The minimum atomic E-state index is 0.0755. The molecule has 0 aromatic rings. The predicted molar refractivity (Wildman–Crippen MR) is 59.3 cm³/mol. The lowest BCUT2D eigenvalue weighted by Crippen LogP contribution is -2.52. The molecular formula is C11H23N3. The summed E-state index contributed by atoms with van der Waals surface area (Å²) in [5.41, 5.74) is 6.47. The van der Waals surface area contributed by atoms with Gasteiger partial charge in [-0.2, -0.15) is 0 Å². The monoisotopic (exact) mass is 197 g/mol. The smallest absolute Gasteiger partial charge is 0.0424 e. The van der Waals surface area contributed by atoms with Crippen LogP contribution in [0.4, 0.5) is 0 Å². The van der Waals surface area contributed by atoms with E-state index in [0.717, 1.165) is 13.1 Å². The minimum absolute atomic E-state index is 0.0755. The van der Waals surface area contributed by atoms with E-state index in [1.165, 1.54) is 45.3 Å². The molecule has 3 nitrogen and oxygen atoms in total. The van der Waals surface area contributed by atoms with Crippen molar-refractivity contribution in [2.75, 3.05) is 39.8 Å². The van der Waals surface area contributed by atoms with Crippen molar-refractivity contribution in [3.8, 4) is 0 Å². The van der Waals surface area contributed by atoms with Crippen LogP contribution in [-0.2, 0) is 0 Å². The Morgan fingerprint density at radius 1 is 1.14 bits per heavy atom. The highest BCUT2D eigenvalue weighted by atomic mass is 15.2. The van der Waals surface area contributed by atoms with E-state index in [4.69, 9.17) is 5.73 Å². The maximum atomic E-state index is 6.40. The second kappa shape index (κ2) is 4.17. The van der Waals surface area contributed by atoms with Gasteiger partial charge in [0.25, 0.3) is 0 Å². The molecule has 1 unspecified atom stereocenters. The fourth-order valence-corrected chi connectivity index (χ4v) is 2.80. The Morgan fingerprint density at radius 2 is 1.86 bits per heavy atom. The fourth-order valence-electron chi connectivity index (χ4n) is 2.80. The van der Waals surface area contributed by atoms with E-state index in [2.05, 4.69) is 16.8 Å². The molecule has 3 heteroatoms. The van der Waals surface area contributed by atoms with Crippen LogP contribution in [0.5, 0.6) is 0 Å². The average molecular weight is 197 g/mol. The summed E-state index contributed by atoms with van der Waals surface area (Å²) in [7, 11) is 2.17. The Morgan fingerprint density at radius 3 is 2.43 bits per heavy atom. The highest BCUT2D eigenvalue weighted by Crippen LogP contribution is 2.20. The molecule has 2 rings (SSSR count). The van der Waals surface area contributed by atoms with Crippen LogP contribution in [0.2, 0.25) is 0 Å². The second-order valence-electron chi connectivity index (χ2n) is 5.19. The summed E-state index contributed by atoms with van der Waals surface area (Å²) < 4.78 is 0. The van der Waals surface area contributed by atoms with Gasteiger partial charge >= 0.3 is 0 Å². The molecule has 0 saturated carbocycles. The summed E-state index contributed by atoms with van der Waals surface area (Å²) in [5.74, 6) is 0. The molecule has 1 atom stereocenters. The normalized spacial score (nSPS) is 36.4. The number of hydrogen-bond acceptors (Lipinski definition) is 3. The SMILES string of the molecule is CN1CCC(N)(CN2CCCCC2)C1. The molecule has 2 aliphatic heterocycles. The third-order valence-electron chi connectivity index (χ3n) is 3.56. The van der Waals surface area contributed by atoms with Gasteiger partial charge in [0.1, 0.15) is 0 Å². The summed E-state index contributed by atoms with van der Waals surface area (Å²) >= 11 is 0. The number of rotatable bonds is 2. The first-order valence-corrected chi connectivity index (χ1v) is 5.88. The lowest BCUT2D eigenvalue weighted by molar-refractivity contribution is 0.179. The second-order valence-corrected chi connectivity index (χ2v) is 5.19. The van der Waals surface area contributed by atoms with Gasteiger partial charge in [-0.25, -0.2) is 0 Å². The lowest BCUT2D eigenvalue weighted by Gasteiger charge is -2.34. The van der Waals surface area contributed by atoms with Gasteiger partial charge in [-0.15, -0.1) is 0 Å². The zero-order chi connectivity index (χ0) is 10.0. The molecule has 2 heterocycles. The highest BCUT2D eigenvalue weighted by molar-refractivity contribution is 4.96. The van der Waals surface area contributed by atoms with Gasteiger partial charge in [-0.3, -0.25) is 0 Å². The maximum Gasteiger partial charge on any atom is 0.0424 e. The molecule has 0 spiro atoms. The number of likely N-dealkylation sites (N-methyl/N-ethyl adjacent to an activating group) is 1. The summed E-state index contributed by atoms with van der Waals surface area (Å²) in [6.45, 7) is 5.89. The highest BCUT2D eigenvalue weighted by Gasteiger charge is 2.34. The number of likely N-dealkylation sites (tertiary alicyclic amines) is 2. The van der Waals surface area contributed by atoms with E-state index in [1.807, 2.05) is 0 Å². The molecule has 2 fully saturated rings. The van der Waals surface area contributed by atoms with Crippen LogP contribution >= 0.6 is 0 Å². The van der Waals surface area contributed by atoms with Gasteiger partial charge in [-0.05, 0) is 45.9 Å². The molecule has 0 radical (unpaired) electrons. The third-order valence-corrected chi connectivity index (χ3v) is 3.56. The summed E-state index contributed by atoms with van der Waals surface area (Å²) in [6, 6.07) is 0. The van der Waals surface area contributed by atoms with Gasteiger partial charge < -0.3 is 15.5 Å². The molecule has 0 amide bonds. The number of nitrogens with zero attached hydrogens (tertiary/aromatic N) is 2. The van der Waals surface area contributed by atoms with E-state index in [1.54, 1.807) is 0 Å². The van der Waals surface area contributed by atoms with Crippen molar-refractivity contribution in [2.45, 2.75) is 31.2 Å². The van der Waals surface area contributed by atoms with Gasteiger partial charge in [0.05, 0.1) is 0 Å². The molecule has 0 bridgehead atoms. The van der Waals surface area contributed by atoms with E-state index in [9.17, 15) is 0 Å². The van der Waals surface area contributed by atoms with Crippen LogP contribution in [0, 0.1) is 0 Å². The topological polar surface area (TPSA) is 32.5 Å². The molecule has 82 valence electrons. The summed E-state index contributed by atoms with van der Waals surface area (Å²) in [4.78, 5) is 4.91. The van der Waals surface area contributed by atoms with Crippen molar-refractivity contribution < 1.29 is 0 Å². The van der Waals surface area contributed by atoms with Gasteiger partial charge in [0.2, 0.25) is 0 Å². The van der Waals surface area contributed by atoms with Crippen molar-refractivity contribution in [1.82, 2.24) is 9.80 Å². The zero-order valence-electron chi connectivity index (χ0n) is 9.34. The zero-order valence-corrected chi connectivity index (χ0v) is 9.34. The Hall–Kier alpha value is -0.120. The number of nitrogens with two attached hydrogens (primary N) is 1. The maximum absolute atomic E-state index is 6.40. The standard InChI is InChI=1S/C11H23N3/c1-13-8-5-11(12,9-13)10-14-6-3-2-4-7-14/h2-10,12H2,1H3. The van der Waals surface area contributed by atoms with Crippen LogP contribution in [0.3, 0.4) is 0 Å². The molecule has 2 aliphatic rings.